The third-order valence-corrected chi connectivity index (χ3v) is 1.79. The van der Waals surface area contributed by atoms with Gasteiger partial charge >= 0.3 is 7.12 Å². The molecule has 1 rings (SSSR count). The molecule has 1 heterocycles. The Morgan fingerprint density at radius 2 is 2.22 bits per heavy atom. The summed E-state index contributed by atoms with van der Waals surface area (Å²) in [7, 11) is -1.54. The molecule has 0 aliphatic heterocycles. The van der Waals surface area contributed by atoms with Gasteiger partial charge in [0.1, 0.15) is 5.82 Å². The lowest BCUT2D eigenvalue weighted by molar-refractivity contribution is 0.426. The number of thiophene rings is 1. The van der Waals surface area contributed by atoms with E-state index < -0.39 is 12.9 Å². The average molecular weight is 146 g/mol. The quantitative estimate of drug-likeness (QED) is 0.527. The number of halogens is 1. The zero-order valence-electron chi connectivity index (χ0n) is 4.41. The second-order valence-corrected chi connectivity index (χ2v) is 2.48. The van der Waals surface area contributed by atoms with E-state index in [-0.39, 0.29) is 4.78 Å². The van der Waals surface area contributed by atoms with Crippen molar-refractivity contribution < 1.29 is 14.4 Å². The van der Waals surface area contributed by atoms with E-state index in [4.69, 9.17) is 10.0 Å². The van der Waals surface area contributed by atoms with Crippen molar-refractivity contribution in [1.82, 2.24) is 0 Å². The Labute approximate surface area is 55.7 Å². The fraction of sp³-hybridized carbons (Fsp3) is 0. The fourth-order valence-electron chi connectivity index (χ4n) is 0.464. The molecule has 0 aliphatic rings. The van der Waals surface area contributed by atoms with Gasteiger partial charge in [0.2, 0.25) is 0 Å². The monoisotopic (exact) mass is 146 g/mol. The molecule has 2 nitrogen and oxygen atoms in total. The van der Waals surface area contributed by atoms with Gasteiger partial charge in [0.25, 0.3) is 0 Å². The van der Waals surface area contributed by atoms with Gasteiger partial charge < -0.3 is 10.0 Å². The Kier molecular flexibility index (Phi) is 1.85. The molecule has 1 aromatic heterocycles. The van der Waals surface area contributed by atoms with Crippen LogP contribution in [0.3, 0.4) is 0 Å². The van der Waals surface area contributed by atoms with E-state index in [1.807, 2.05) is 0 Å². The summed E-state index contributed by atoms with van der Waals surface area (Å²) in [5, 5.41) is 18.1. The molecule has 48 valence electrons. The first-order valence-electron chi connectivity index (χ1n) is 2.30. The first-order valence-corrected chi connectivity index (χ1v) is 3.18. The molecule has 0 aromatic carbocycles. The molecule has 0 unspecified atom stereocenters. The molecule has 9 heavy (non-hydrogen) atoms. The predicted octanol–water partition coefficient (Wildman–Crippen LogP) is -0.433. The molecule has 0 spiro atoms. The van der Waals surface area contributed by atoms with Crippen molar-refractivity contribution in [2.75, 3.05) is 0 Å². The standard InChI is InChI=1S/C4H4BFO2S/c6-3-1-4(5(7)8)9-2-3/h1-2,7-8H. The van der Waals surface area contributed by atoms with Crippen LogP contribution in [0.4, 0.5) is 4.39 Å². The molecule has 0 aliphatic carbocycles. The Bertz CT molecular complexity index is 200. The molecule has 0 atom stereocenters. The summed E-state index contributed by atoms with van der Waals surface area (Å²) in [5.41, 5.74) is 0. The minimum Gasteiger partial charge on any atom is -0.423 e. The molecular formula is C4H4BFO2S. The number of hydrogen-bond acceptors (Lipinski definition) is 3. The van der Waals surface area contributed by atoms with Crippen LogP contribution >= 0.6 is 11.3 Å². The van der Waals surface area contributed by atoms with Gasteiger partial charge in [0.15, 0.2) is 0 Å². The van der Waals surface area contributed by atoms with Crippen LogP contribution in [-0.2, 0) is 0 Å². The minimum absolute atomic E-state index is 0.229. The van der Waals surface area contributed by atoms with Gasteiger partial charge in [0.05, 0.1) is 0 Å². The van der Waals surface area contributed by atoms with Crippen LogP contribution in [0.15, 0.2) is 11.4 Å². The molecule has 0 fully saturated rings. The highest BCUT2D eigenvalue weighted by atomic mass is 32.1. The zero-order valence-corrected chi connectivity index (χ0v) is 5.23. The second-order valence-electron chi connectivity index (χ2n) is 1.54. The largest absolute Gasteiger partial charge is 0.499 e. The summed E-state index contributed by atoms with van der Waals surface area (Å²) in [5.74, 6) is -0.428. The predicted molar refractivity (Wildman–Crippen MR) is 34.1 cm³/mol. The molecule has 0 saturated heterocycles. The molecule has 2 N–H and O–H groups in total. The van der Waals surface area contributed by atoms with Crippen molar-refractivity contribution in [1.29, 1.82) is 0 Å². The van der Waals surface area contributed by atoms with E-state index in [0.29, 0.717) is 0 Å². The van der Waals surface area contributed by atoms with Gasteiger partial charge in [-0.3, -0.25) is 0 Å². The van der Waals surface area contributed by atoms with Gasteiger partial charge in [-0.1, -0.05) is 0 Å². The first-order chi connectivity index (χ1) is 4.20. The lowest BCUT2D eigenvalue weighted by Crippen LogP contribution is -2.26. The van der Waals surface area contributed by atoms with Crippen LogP contribution in [0.1, 0.15) is 0 Å². The maximum atomic E-state index is 12.1. The highest BCUT2D eigenvalue weighted by molar-refractivity contribution is 7.20. The minimum atomic E-state index is -1.54. The maximum absolute atomic E-state index is 12.1. The van der Waals surface area contributed by atoms with Crippen LogP contribution in [0, 0.1) is 5.82 Å². The van der Waals surface area contributed by atoms with Crippen molar-refractivity contribution in [2.24, 2.45) is 0 Å². The molecule has 0 bridgehead atoms. The summed E-state index contributed by atoms with van der Waals surface area (Å²) >= 11 is 0.983. The topological polar surface area (TPSA) is 40.5 Å². The third kappa shape index (κ3) is 1.51. The Morgan fingerprint density at radius 3 is 2.44 bits per heavy atom. The summed E-state index contributed by atoms with van der Waals surface area (Å²) in [4.78, 5) is 0. The normalized spacial score (nSPS) is 9.67. The molecule has 0 saturated carbocycles. The highest BCUT2D eigenvalue weighted by Crippen LogP contribution is 2.00. The van der Waals surface area contributed by atoms with Gasteiger partial charge in [-0.15, -0.1) is 11.3 Å². The van der Waals surface area contributed by atoms with E-state index >= 15 is 0 Å². The maximum Gasteiger partial charge on any atom is 0.499 e. The number of rotatable bonds is 1. The van der Waals surface area contributed by atoms with E-state index in [1.165, 1.54) is 5.38 Å². The van der Waals surface area contributed by atoms with Crippen molar-refractivity contribution >= 4 is 23.2 Å². The fourth-order valence-corrected chi connectivity index (χ4v) is 1.08. The van der Waals surface area contributed by atoms with E-state index in [9.17, 15) is 4.39 Å². The van der Waals surface area contributed by atoms with Crippen LogP contribution in [0.5, 0.6) is 0 Å². The lowest BCUT2D eigenvalue weighted by atomic mass is 9.90. The van der Waals surface area contributed by atoms with Crippen molar-refractivity contribution in [3.8, 4) is 0 Å². The second kappa shape index (κ2) is 2.47. The van der Waals surface area contributed by atoms with Crippen LogP contribution in [-0.4, -0.2) is 17.2 Å². The summed E-state index contributed by atoms with van der Waals surface area (Å²) in [6.45, 7) is 0. The van der Waals surface area contributed by atoms with E-state index in [2.05, 4.69) is 0 Å². The molecule has 1 aromatic rings. The Morgan fingerprint density at radius 1 is 1.56 bits per heavy atom. The Balaban J connectivity index is 2.85. The molecular weight excluding hydrogens is 142 g/mol. The smallest absolute Gasteiger partial charge is 0.423 e. The molecule has 5 heteroatoms. The van der Waals surface area contributed by atoms with Gasteiger partial charge in [-0.2, -0.15) is 0 Å². The first kappa shape index (κ1) is 6.73. The summed E-state index contributed by atoms with van der Waals surface area (Å²) < 4.78 is 12.3. The summed E-state index contributed by atoms with van der Waals surface area (Å²) in [6.07, 6.45) is 0. The van der Waals surface area contributed by atoms with Crippen molar-refractivity contribution in [3.63, 3.8) is 0 Å². The SMILES string of the molecule is OB(O)c1cc(F)cs1. The Hall–Kier alpha value is -0.385. The lowest BCUT2D eigenvalue weighted by Gasteiger charge is -1.87. The van der Waals surface area contributed by atoms with Gasteiger partial charge in [-0.25, -0.2) is 4.39 Å². The van der Waals surface area contributed by atoms with Crippen LogP contribution in [0.25, 0.3) is 0 Å². The average Bonchev–Trinajstić information content (AvgIpc) is 2.14. The number of hydrogen-bond donors (Lipinski definition) is 2. The molecule has 0 radical (unpaired) electrons. The third-order valence-electron chi connectivity index (χ3n) is 0.842. The van der Waals surface area contributed by atoms with Gasteiger partial charge in [0, 0.05) is 10.2 Å². The van der Waals surface area contributed by atoms with Gasteiger partial charge in [-0.05, 0) is 6.07 Å². The van der Waals surface area contributed by atoms with Crippen molar-refractivity contribution in [3.05, 3.63) is 17.3 Å². The van der Waals surface area contributed by atoms with Crippen LogP contribution < -0.4 is 4.78 Å². The molecule has 0 amide bonds. The highest BCUT2D eigenvalue weighted by Gasteiger charge is 2.12. The van der Waals surface area contributed by atoms with E-state index in [1.54, 1.807) is 0 Å². The van der Waals surface area contributed by atoms with E-state index in [0.717, 1.165) is 17.4 Å². The summed E-state index contributed by atoms with van der Waals surface area (Å²) in [6, 6.07) is 1.09. The van der Waals surface area contributed by atoms with Crippen molar-refractivity contribution in [2.45, 2.75) is 0 Å². The zero-order chi connectivity index (χ0) is 6.85. The van der Waals surface area contributed by atoms with Crippen LogP contribution in [0.2, 0.25) is 0 Å².